The molecule has 1 aliphatic rings. The first-order valence-corrected chi connectivity index (χ1v) is 7.37. The lowest BCUT2D eigenvalue weighted by atomic mass is 9.97. The number of aromatic nitrogens is 2. The summed E-state index contributed by atoms with van der Waals surface area (Å²) in [6, 6.07) is 6.50. The first-order valence-electron chi connectivity index (χ1n) is 6.56. The second kappa shape index (κ2) is 5.10. The highest BCUT2D eigenvalue weighted by atomic mass is 32.1. The topological polar surface area (TPSA) is 41.6 Å². The molecule has 0 fully saturated rings. The molecule has 0 amide bonds. The van der Waals surface area contributed by atoms with Crippen LogP contribution < -0.4 is 0 Å². The fourth-order valence-corrected chi connectivity index (χ4v) is 3.20. The van der Waals surface area contributed by atoms with Gasteiger partial charge in [0, 0.05) is 18.1 Å². The molecule has 0 aromatic carbocycles. The molecular formula is C16H15N3S. The van der Waals surface area contributed by atoms with Crippen LogP contribution in [0.2, 0.25) is 0 Å². The molecular weight excluding hydrogens is 266 g/mol. The Morgan fingerprint density at radius 3 is 2.90 bits per heavy atom. The van der Waals surface area contributed by atoms with Gasteiger partial charge < -0.3 is 4.57 Å². The largest absolute Gasteiger partial charge is 0.333 e. The van der Waals surface area contributed by atoms with E-state index in [1.165, 1.54) is 9.75 Å². The van der Waals surface area contributed by atoms with Crippen LogP contribution in [0.4, 0.5) is 0 Å². The number of nitriles is 1. The van der Waals surface area contributed by atoms with Gasteiger partial charge in [-0.2, -0.15) is 5.26 Å². The highest BCUT2D eigenvalue weighted by molar-refractivity contribution is 7.15. The Morgan fingerprint density at radius 2 is 2.30 bits per heavy atom. The van der Waals surface area contributed by atoms with Crippen molar-refractivity contribution >= 4 is 16.9 Å². The van der Waals surface area contributed by atoms with E-state index in [1.54, 1.807) is 11.3 Å². The molecule has 3 nitrogen and oxygen atoms in total. The standard InChI is InChI=1S/C16H15N3S/c1-11-3-8-15(20-11)16-18-14(10-19(16)2)13-6-4-12(9-17)5-7-13/h3-4,6-8,10,12H,5H2,1-2H3. The Kier molecular flexibility index (Phi) is 3.29. The summed E-state index contributed by atoms with van der Waals surface area (Å²) < 4.78 is 2.06. The summed E-state index contributed by atoms with van der Waals surface area (Å²) >= 11 is 1.76. The molecule has 0 aliphatic heterocycles. The number of imidazole rings is 1. The van der Waals surface area contributed by atoms with Gasteiger partial charge >= 0.3 is 0 Å². The predicted molar refractivity (Wildman–Crippen MR) is 82.1 cm³/mol. The van der Waals surface area contributed by atoms with Gasteiger partial charge in [-0.05, 0) is 31.1 Å². The molecule has 2 aromatic heterocycles. The minimum atomic E-state index is 0.00174. The minimum Gasteiger partial charge on any atom is -0.333 e. The van der Waals surface area contributed by atoms with Gasteiger partial charge in [-0.25, -0.2) is 4.98 Å². The Morgan fingerprint density at radius 1 is 1.45 bits per heavy atom. The molecule has 0 N–H and O–H groups in total. The van der Waals surface area contributed by atoms with E-state index in [9.17, 15) is 0 Å². The molecule has 0 radical (unpaired) electrons. The molecule has 2 aromatic rings. The van der Waals surface area contributed by atoms with E-state index < -0.39 is 0 Å². The van der Waals surface area contributed by atoms with Crippen molar-refractivity contribution in [2.24, 2.45) is 13.0 Å². The normalized spacial score (nSPS) is 17.9. The second-order valence-electron chi connectivity index (χ2n) is 4.96. The molecule has 1 unspecified atom stereocenters. The van der Waals surface area contributed by atoms with Gasteiger partial charge in [0.05, 0.1) is 22.6 Å². The Bertz CT molecular complexity index is 740. The van der Waals surface area contributed by atoms with Gasteiger partial charge in [0.15, 0.2) is 5.82 Å². The van der Waals surface area contributed by atoms with Crippen LogP contribution in [-0.4, -0.2) is 9.55 Å². The molecule has 2 heterocycles. The smallest absolute Gasteiger partial charge is 0.150 e. The fraction of sp³-hybridized carbons (Fsp3) is 0.250. The minimum absolute atomic E-state index is 0.00174. The lowest BCUT2D eigenvalue weighted by Crippen LogP contribution is -1.96. The van der Waals surface area contributed by atoms with Gasteiger partial charge in [-0.15, -0.1) is 11.3 Å². The SMILES string of the molecule is Cc1ccc(-c2nc(C3=CCC(C#N)C=C3)cn2C)s1. The van der Waals surface area contributed by atoms with Gasteiger partial charge in [0.1, 0.15) is 0 Å². The predicted octanol–water partition coefficient (Wildman–Crippen LogP) is 3.94. The molecule has 20 heavy (non-hydrogen) atoms. The van der Waals surface area contributed by atoms with E-state index in [0.29, 0.717) is 0 Å². The number of hydrogen-bond donors (Lipinski definition) is 0. The molecule has 3 rings (SSSR count). The number of thiophene rings is 1. The highest BCUT2D eigenvalue weighted by Crippen LogP contribution is 2.29. The molecule has 1 atom stereocenters. The molecule has 0 bridgehead atoms. The zero-order valence-electron chi connectivity index (χ0n) is 11.5. The summed E-state index contributed by atoms with van der Waals surface area (Å²) in [6.45, 7) is 2.10. The Balaban J connectivity index is 1.93. The second-order valence-corrected chi connectivity index (χ2v) is 6.25. The number of nitrogens with zero attached hydrogens (tertiary/aromatic N) is 3. The molecule has 100 valence electrons. The Labute approximate surface area is 122 Å². The molecule has 0 saturated heterocycles. The van der Waals surface area contributed by atoms with Crippen molar-refractivity contribution in [2.75, 3.05) is 0 Å². The highest BCUT2D eigenvalue weighted by Gasteiger charge is 2.14. The average Bonchev–Trinajstić information content (AvgIpc) is 3.05. The van der Waals surface area contributed by atoms with Crippen molar-refractivity contribution in [2.45, 2.75) is 13.3 Å². The van der Waals surface area contributed by atoms with E-state index in [0.717, 1.165) is 23.5 Å². The maximum absolute atomic E-state index is 8.90. The van der Waals surface area contributed by atoms with Crippen molar-refractivity contribution in [1.29, 1.82) is 5.26 Å². The summed E-state index contributed by atoms with van der Waals surface area (Å²) in [5.41, 5.74) is 2.08. The van der Waals surface area contributed by atoms with Gasteiger partial charge in [0.2, 0.25) is 0 Å². The van der Waals surface area contributed by atoms with Crippen LogP contribution in [0, 0.1) is 24.2 Å². The summed E-state index contributed by atoms with van der Waals surface area (Å²) in [5.74, 6) is 0.997. The van der Waals surface area contributed by atoms with Crippen LogP contribution in [0.15, 0.2) is 36.6 Å². The number of rotatable bonds is 2. The summed E-state index contributed by atoms with van der Waals surface area (Å²) in [5, 5.41) is 8.90. The average molecular weight is 281 g/mol. The molecule has 0 spiro atoms. The van der Waals surface area contributed by atoms with Crippen molar-refractivity contribution in [1.82, 2.24) is 9.55 Å². The summed E-state index contributed by atoms with van der Waals surface area (Å²) in [4.78, 5) is 7.22. The molecule has 0 saturated carbocycles. The van der Waals surface area contributed by atoms with E-state index >= 15 is 0 Å². The number of allylic oxidation sites excluding steroid dienone is 4. The maximum Gasteiger partial charge on any atom is 0.150 e. The third-order valence-electron chi connectivity index (χ3n) is 3.40. The zero-order chi connectivity index (χ0) is 14.1. The van der Waals surface area contributed by atoms with E-state index in [4.69, 9.17) is 10.2 Å². The third-order valence-corrected chi connectivity index (χ3v) is 4.40. The van der Waals surface area contributed by atoms with Crippen molar-refractivity contribution in [3.05, 3.63) is 47.1 Å². The summed E-state index contributed by atoms with van der Waals surface area (Å²) in [7, 11) is 2.02. The van der Waals surface area contributed by atoms with Crippen LogP contribution in [0.5, 0.6) is 0 Å². The lowest BCUT2D eigenvalue weighted by Gasteiger charge is -2.07. The fourth-order valence-electron chi connectivity index (χ4n) is 2.30. The van der Waals surface area contributed by atoms with Gasteiger partial charge in [-0.1, -0.05) is 18.2 Å². The van der Waals surface area contributed by atoms with Crippen LogP contribution in [0.25, 0.3) is 16.3 Å². The third kappa shape index (κ3) is 2.33. The van der Waals surface area contributed by atoms with Crippen LogP contribution in [0.1, 0.15) is 17.0 Å². The van der Waals surface area contributed by atoms with Gasteiger partial charge in [0.25, 0.3) is 0 Å². The molecule has 1 aliphatic carbocycles. The van der Waals surface area contributed by atoms with E-state index in [2.05, 4.69) is 35.8 Å². The lowest BCUT2D eigenvalue weighted by molar-refractivity contribution is 0.840. The van der Waals surface area contributed by atoms with E-state index in [1.807, 2.05) is 25.4 Å². The van der Waals surface area contributed by atoms with Crippen molar-refractivity contribution in [3.8, 4) is 16.8 Å². The first-order chi connectivity index (χ1) is 9.67. The number of hydrogen-bond acceptors (Lipinski definition) is 3. The van der Waals surface area contributed by atoms with Crippen LogP contribution in [0.3, 0.4) is 0 Å². The monoisotopic (exact) mass is 281 g/mol. The number of aryl methyl sites for hydroxylation is 2. The van der Waals surface area contributed by atoms with Crippen LogP contribution in [-0.2, 0) is 7.05 Å². The maximum atomic E-state index is 8.90. The molecule has 4 heteroatoms. The van der Waals surface area contributed by atoms with Gasteiger partial charge in [-0.3, -0.25) is 0 Å². The van der Waals surface area contributed by atoms with E-state index in [-0.39, 0.29) is 5.92 Å². The quantitative estimate of drug-likeness (QED) is 0.836. The zero-order valence-corrected chi connectivity index (χ0v) is 12.3. The summed E-state index contributed by atoms with van der Waals surface area (Å²) in [6.07, 6.45) is 8.88. The first kappa shape index (κ1) is 12.9. The van der Waals surface area contributed by atoms with Crippen LogP contribution >= 0.6 is 11.3 Å². The Hall–Kier alpha value is -2.12. The van der Waals surface area contributed by atoms with Crippen molar-refractivity contribution in [3.63, 3.8) is 0 Å². The van der Waals surface area contributed by atoms with Crippen molar-refractivity contribution < 1.29 is 0 Å².